The number of rotatable bonds is 4. The molecule has 0 atom stereocenters. The van der Waals surface area contributed by atoms with E-state index in [9.17, 15) is 18.0 Å². The maximum Gasteiger partial charge on any atom is 0.415 e. The Morgan fingerprint density at radius 2 is 1.73 bits per heavy atom. The van der Waals surface area contributed by atoms with Crippen LogP contribution in [0.5, 0.6) is 11.8 Å². The Bertz CT molecular complexity index is 1360. The van der Waals surface area contributed by atoms with Crippen LogP contribution >= 0.6 is 0 Å². The summed E-state index contributed by atoms with van der Waals surface area (Å²) in [6.45, 7) is 0. The van der Waals surface area contributed by atoms with Crippen molar-refractivity contribution in [1.29, 1.82) is 0 Å². The van der Waals surface area contributed by atoms with Crippen molar-refractivity contribution in [1.82, 2.24) is 15.0 Å². The number of ether oxygens (including phenoxy) is 1. The highest BCUT2D eigenvalue weighted by atomic mass is 19.4. The summed E-state index contributed by atoms with van der Waals surface area (Å²) in [5.74, 6) is -0.488. The molecule has 2 aromatic carbocycles. The van der Waals surface area contributed by atoms with Crippen LogP contribution in [0.15, 0.2) is 54.6 Å². The lowest BCUT2D eigenvalue weighted by molar-refractivity contribution is -0.136. The van der Waals surface area contributed by atoms with E-state index in [2.05, 4.69) is 20.3 Å². The summed E-state index contributed by atoms with van der Waals surface area (Å²) in [4.78, 5) is 24.8. The Labute approximate surface area is 188 Å². The molecule has 0 aliphatic rings. The minimum Gasteiger partial charge on any atom is -0.421 e. The highest BCUT2D eigenvalue weighted by molar-refractivity contribution is 6.38. The first-order valence-corrected chi connectivity index (χ1v) is 9.36. The van der Waals surface area contributed by atoms with Gasteiger partial charge in [-0.3, -0.25) is 4.79 Å². The molecular formula is C21H12B2F3N5O2. The molecule has 0 aliphatic heterocycles. The standard InChI is InChI=1S/C21H12B2F3N5O2/c22-15-9-17(31-20(27)30-15)33-16-8-7-10-11(3-1-5-13(10)28-16)19(32)29-14-6-2-4-12(18(14)23)21(24,25)26/h1-9H,(H,29,32)(H2,27,30,31). The van der Waals surface area contributed by atoms with Gasteiger partial charge >= 0.3 is 6.18 Å². The molecule has 7 nitrogen and oxygen atoms in total. The van der Waals surface area contributed by atoms with Crippen LogP contribution in [0, 0.1) is 0 Å². The number of nitrogens with one attached hydrogen (secondary N) is 1. The lowest BCUT2D eigenvalue weighted by atomic mass is 9.88. The zero-order chi connectivity index (χ0) is 23.8. The number of hydrogen-bond donors (Lipinski definition) is 2. The number of nitrogens with two attached hydrogens (primary N) is 1. The smallest absolute Gasteiger partial charge is 0.415 e. The molecule has 4 radical (unpaired) electrons. The van der Waals surface area contributed by atoms with E-state index >= 15 is 0 Å². The highest BCUT2D eigenvalue weighted by Crippen LogP contribution is 2.29. The van der Waals surface area contributed by atoms with E-state index in [1.54, 1.807) is 18.2 Å². The van der Waals surface area contributed by atoms with Gasteiger partial charge in [0.05, 0.1) is 11.1 Å². The highest BCUT2D eigenvalue weighted by Gasteiger charge is 2.32. The summed E-state index contributed by atoms with van der Waals surface area (Å²) in [7, 11) is 11.2. The number of amides is 1. The quantitative estimate of drug-likeness (QED) is 0.468. The van der Waals surface area contributed by atoms with Crippen molar-refractivity contribution in [2.24, 2.45) is 0 Å². The Morgan fingerprint density at radius 1 is 0.970 bits per heavy atom. The van der Waals surface area contributed by atoms with Crippen LogP contribution in [0.25, 0.3) is 10.9 Å². The number of carbonyl (C=O) groups excluding carboxylic acids is 1. The third-order valence-corrected chi connectivity index (χ3v) is 4.56. The van der Waals surface area contributed by atoms with Crippen LogP contribution in [0.3, 0.4) is 0 Å². The third-order valence-electron chi connectivity index (χ3n) is 4.56. The molecule has 12 heteroatoms. The zero-order valence-corrected chi connectivity index (χ0v) is 16.7. The van der Waals surface area contributed by atoms with Gasteiger partial charge in [0.25, 0.3) is 5.91 Å². The first kappa shape index (κ1) is 22.1. The number of nitrogen functional groups attached to an aromatic ring is 1. The van der Waals surface area contributed by atoms with E-state index in [1.165, 1.54) is 24.3 Å². The third kappa shape index (κ3) is 4.74. The lowest BCUT2D eigenvalue weighted by Gasteiger charge is -2.15. The van der Waals surface area contributed by atoms with Crippen molar-refractivity contribution in [3.8, 4) is 11.8 Å². The Hall–Kier alpha value is -4.08. The summed E-state index contributed by atoms with van der Waals surface area (Å²) < 4.78 is 44.9. The molecule has 0 bridgehead atoms. The first-order valence-electron chi connectivity index (χ1n) is 9.36. The summed E-state index contributed by atoms with van der Waals surface area (Å²) in [6.07, 6.45) is -4.65. The van der Waals surface area contributed by atoms with Crippen molar-refractivity contribution < 1.29 is 22.7 Å². The van der Waals surface area contributed by atoms with Crippen molar-refractivity contribution in [3.63, 3.8) is 0 Å². The number of fused-ring (bicyclic) bond motifs is 1. The number of pyridine rings is 1. The van der Waals surface area contributed by atoms with E-state index in [0.29, 0.717) is 10.9 Å². The number of benzene rings is 2. The number of nitrogens with zero attached hydrogens (tertiary/aromatic N) is 3. The van der Waals surface area contributed by atoms with Crippen LogP contribution in [0.2, 0.25) is 0 Å². The first-order chi connectivity index (χ1) is 15.6. The lowest BCUT2D eigenvalue weighted by Crippen LogP contribution is -2.25. The van der Waals surface area contributed by atoms with Crippen molar-refractivity contribution in [3.05, 3.63) is 65.7 Å². The molecular weight excluding hydrogens is 433 g/mol. The van der Waals surface area contributed by atoms with Crippen molar-refractivity contribution in [2.75, 3.05) is 11.1 Å². The van der Waals surface area contributed by atoms with Crippen molar-refractivity contribution >= 4 is 55.2 Å². The number of halogens is 3. The molecule has 0 aliphatic carbocycles. The van der Waals surface area contributed by atoms with Gasteiger partial charge in [0.1, 0.15) is 15.7 Å². The maximum atomic E-state index is 13.1. The number of aromatic nitrogens is 3. The molecule has 33 heavy (non-hydrogen) atoms. The van der Waals surface area contributed by atoms with Crippen LogP contribution in [-0.2, 0) is 6.18 Å². The molecule has 2 heterocycles. The largest absolute Gasteiger partial charge is 0.421 e. The average molecular weight is 445 g/mol. The number of carbonyl (C=O) groups is 1. The van der Waals surface area contributed by atoms with Crippen molar-refractivity contribution in [2.45, 2.75) is 6.18 Å². The molecule has 0 fully saturated rings. The molecule has 0 unspecified atom stereocenters. The summed E-state index contributed by atoms with van der Waals surface area (Å²) in [5.41, 5.74) is 4.48. The van der Waals surface area contributed by atoms with Gasteiger partial charge in [-0.25, -0.2) is 9.97 Å². The Kier molecular flexibility index (Phi) is 5.67. The van der Waals surface area contributed by atoms with Gasteiger partial charge in [0, 0.05) is 28.8 Å². The molecule has 0 spiro atoms. The summed E-state index contributed by atoms with van der Waals surface area (Å²) in [5, 5.41) is 2.87. The predicted molar refractivity (Wildman–Crippen MR) is 118 cm³/mol. The van der Waals surface area contributed by atoms with Gasteiger partial charge in [0.15, 0.2) is 0 Å². The van der Waals surface area contributed by atoms with Crippen LogP contribution in [0.4, 0.5) is 24.8 Å². The number of alkyl halides is 3. The minimum absolute atomic E-state index is 0.0707. The van der Waals surface area contributed by atoms with Gasteiger partial charge in [-0.15, -0.1) is 0 Å². The van der Waals surface area contributed by atoms with Gasteiger partial charge in [-0.2, -0.15) is 18.2 Å². The van der Waals surface area contributed by atoms with E-state index < -0.39 is 23.1 Å². The second kappa shape index (κ2) is 8.45. The van der Waals surface area contributed by atoms with Crippen LogP contribution in [-0.4, -0.2) is 36.6 Å². The number of anilines is 2. The van der Waals surface area contributed by atoms with Gasteiger partial charge in [0.2, 0.25) is 17.7 Å². The fraction of sp³-hybridized carbons (Fsp3) is 0.0476. The molecule has 4 rings (SSSR count). The van der Waals surface area contributed by atoms with Gasteiger partial charge < -0.3 is 15.8 Å². The van der Waals surface area contributed by atoms with E-state index in [0.717, 1.165) is 12.1 Å². The fourth-order valence-electron chi connectivity index (χ4n) is 3.12. The Balaban J connectivity index is 1.63. The minimum atomic E-state index is -4.65. The van der Waals surface area contributed by atoms with E-state index in [1.807, 2.05) is 0 Å². The molecule has 0 saturated carbocycles. The van der Waals surface area contributed by atoms with Crippen LogP contribution < -0.4 is 26.8 Å². The summed E-state index contributed by atoms with van der Waals surface area (Å²) >= 11 is 0. The molecule has 4 aromatic rings. The predicted octanol–water partition coefficient (Wildman–Crippen LogP) is 2.26. The maximum absolute atomic E-state index is 13.1. The van der Waals surface area contributed by atoms with Gasteiger partial charge in [-0.1, -0.05) is 23.7 Å². The second-order valence-electron chi connectivity index (χ2n) is 6.83. The average Bonchev–Trinajstić information content (AvgIpc) is 2.73. The fourth-order valence-corrected chi connectivity index (χ4v) is 3.12. The molecule has 0 saturated heterocycles. The Morgan fingerprint density at radius 3 is 2.45 bits per heavy atom. The van der Waals surface area contributed by atoms with Crippen LogP contribution in [0.1, 0.15) is 15.9 Å². The monoisotopic (exact) mass is 445 g/mol. The normalized spacial score (nSPS) is 11.4. The second-order valence-corrected chi connectivity index (χ2v) is 6.83. The zero-order valence-electron chi connectivity index (χ0n) is 16.7. The molecule has 2 aromatic heterocycles. The van der Waals surface area contributed by atoms with E-state index in [4.69, 9.17) is 26.2 Å². The number of hydrogen-bond acceptors (Lipinski definition) is 6. The van der Waals surface area contributed by atoms with Gasteiger partial charge in [-0.05, 0) is 29.9 Å². The molecule has 160 valence electrons. The molecule has 1 amide bonds. The van der Waals surface area contributed by atoms with E-state index in [-0.39, 0.29) is 34.6 Å². The SMILES string of the molecule is [B]c1cc(Oc2ccc3c(C(=O)Nc4cccc(C(F)(F)F)c4[B])cccc3n2)nc(N)n1. The molecule has 3 N–H and O–H groups in total. The topological polar surface area (TPSA) is 103 Å². The summed E-state index contributed by atoms with van der Waals surface area (Å²) in [6, 6.07) is 12.5.